The largest absolute Gasteiger partial charge is 0.337 e. The lowest BCUT2D eigenvalue weighted by molar-refractivity contribution is 0.364. The second-order valence-electron chi connectivity index (χ2n) is 3.98. The van der Waals surface area contributed by atoms with Crippen molar-refractivity contribution in [1.29, 1.82) is 0 Å². The van der Waals surface area contributed by atoms with Gasteiger partial charge in [-0.3, -0.25) is 4.79 Å². The lowest BCUT2D eigenvalue weighted by atomic mass is 10.3. The van der Waals surface area contributed by atoms with Crippen molar-refractivity contribution in [3.05, 3.63) is 46.0 Å². The van der Waals surface area contributed by atoms with Gasteiger partial charge in [-0.25, -0.2) is 0 Å². The second kappa shape index (κ2) is 4.95. The fraction of sp³-hybridized carbons (Fsp3) is 0.417. The Balaban J connectivity index is 2.19. The molecule has 2 heterocycles. The van der Waals surface area contributed by atoms with Gasteiger partial charge in [0.15, 0.2) is 5.82 Å². The standard InChI is InChI=1S/C12H15N3O2/c1-3-5-10-13-11(17-14-10)8-15-7-4-6-9(2)12(15)16/h4,6-7H,3,5,8H2,1-2H3. The molecule has 17 heavy (non-hydrogen) atoms. The highest BCUT2D eigenvalue weighted by molar-refractivity contribution is 5.08. The van der Waals surface area contributed by atoms with E-state index in [0.29, 0.717) is 23.8 Å². The average molecular weight is 233 g/mol. The van der Waals surface area contributed by atoms with Crippen molar-refractivity contribution in [2.24, 2.45) is 0 Å². The molecule has 0 atom stereocenters. The van der Waals surface area contributed by atoms with Crippen LogP contribution in [0, 0.1) is 6.92 Å². The topological polar surface area (TPSA) is 60.9 Å². The molecule has 5 nitrogen and oxygen atoms in total. The Morgan fingerprint density at radius 2 is 2.29 bits per heavy atom. The molecule has 2 aromatic rings. The number of aryl methyl sites for hydroxylation is 2. The van der Waals surface area contributed by atoms with Gasteiger partial charge in [-0.2, -0.15) is 4.98 Å². The van der Waals surface area contributed by atoms with Crippen LogP contribution in [-0.4, -0.2) is 14.7 Å². The van der Waals surface area contributed by atoms with E-state index >= 15 is 0 Å². The minimum absolute atomic E-state index is 0.0252. The fourth-order valence-electron chi connectivity index (χ4n) is 1.61. The summed E-state index contributed by atoms with van der Waals surface area (Å²) in [7, 11) is 0. The predicted molar refractivity (Wildman–Crippen MR) is 62.8 cm³/mol. The Bertz CT molecular complexity index is 557. The van der Waals surface area contributed by atoms with Gasteiger partial charge in [0.2, 0.25) is 5.89 Å². The normalized spacial score (nSPS) is 10.7. The number of aromatic nitrogens is 3. The molecule has 0 aliphatic rings. The molecule has 0 fully saturated rings. The highest BCUT2D eigenvalue weighted by Crippen LogP contribution is 2.02. The van der Waals surface area contributed by atoms with Crippen LogP contribution in [0.4, 0.5) is 0 Å². The molecular formula is C12H15N3O2. The first-order valence-electron chi connectivity index (χ1n) is 5.68. The maximum Gasteiger partial charge on any atom is 0.253 e. The summed E-state index contributed by atoms with van der Waals surface area (Å²) < 4.78 is 6.66. The molecule has 0 amide bonds. The van der Waals surface area contributed by atoms with Gasteiger partial charge in [-0.05, 0) is 19.4 Å². The van der Waals surface area contributed by atoms with E-state index in [1.165, 1.54) is 0 Å². The molecule has 0 N–H and O–H groups in total. The minimum atomic E-state index is -0.0252. The summed E-state index contributed by atoms with van der Waals surface area (Å²) in [6.07, 6.45) is 3.49. The van der Waals surface area contributed by atoms with Gasteiger partial charge in [-0.1, -0.05) is 18.1 Å². The zero-order valence-corrected chi connectivity index (χ0v) is 10.0. The lowest BCUT2D eigenvalue weighted by Gasteiger charge is -2.01. The van der Waals surface area contributed by atoms with E-state index in [2.05, 4.69) is 17.1 Å². The zero-order chi connectivity index (χ0) is 12.3. The van der Waals surface area contributed by atoms with Crippen LogP contribution >= 0.6 is 0 Å². The monoisotopic (exact) mass is 233 g/mol. The molecule has 2 aromatic heterocycles. The molecule has 0 aliphatic heterocycles. The lowest BCUT2D eigenvalue weighted by Crippen LogP contribution is -2.21. The minimum Gasteiger partial charge on any atom is -0.337 e. The van der Waals surface area contributed by atoms with Crippen molar-refractivity contribution in [1.82, 2.24) is 14.7 Å². The first kappa shape index (κ1) is 11.6. The summed E-state index contributed by atoms with van der Waals surface area (Å²) in [5.74, 6) is 1.17. The van der Waals surface area contributed by atoms with Crippen LogP contribution in [0.5, 0.6) is 0 Å². The third-order valence-corrected chi connectivity index (χ3v) is 2.50. The van der Waals surface area contributed by atoms with Gasteiger partial charge >= 0.3 is 0 Å². The highest BCUT2D eigenvalue weighted by Gasteiger charge is 2.07. The van der Waals surface area contributed by atoms with E-state index in [4.69, 9.17) is 4.52 Å². The van der Waals surface area contributed by atoms with Crippen LogP contribution in [0.1, 0.15) is 30.6 Å². The van der Waals surface area contributed by atoms with Gasteiger partial charge < -0.3 is 9.09 Å². The third kappa shape index (κ3) is 2.61. The third-order valence-electron chi connectivity index (χ3n) is 2.50. The smallest absolute Gasteiger partial charge is 0.253 e. The molecule has 0 aliphatic carbocycles. The fourth-order valence-corrected chi connectivity index (χ4v) is 1.61. The summed E-state index contributed by atoms with van der Waals surface area (Å²) in [5, 5.41) is 3.85. The van der Waals surface area contributed by atoms with Crippen molar-refractivity contribution in [2.45, 2.75) is 33.2 Å². The van der Waals surface area contributed by atoms with Gasteiger partial charge in [0, 0.05) is 18.2 Å². The first-order valence-corrected chi connectivity index (χ1v) is 5.68. The molecule has 0 aromatic carbocycles. The Morgan fingerprint density at radius 1 is 1.47 bits per heavy atom. The molecule has 0 unspecified atom stereocenters. The van der Waals surface area contributed by atoms with E-state index in [0.717, 1.165) is 12.8 Å². The molecule has 0 radical (unpaired) electrons. The maximum atomic E-state index is 11.8. The Hall–Kier alpha value is -1.91. The van der Waals surface area contributed by atoms with E-state index in [1.807, 2.05) is 6.07 Å². The zero-order valence-electron chi connectivity index (χ0n) is 10.0. The maximum absolute atomic E-state index is 11.8. The summed E-state index contributed by atoms with van der Waals surface area (Å²) in [5.41, 5.74) is 0.684. The van der Waals surface area contributed by atoms with Crippen molar-refractivity contribution in [3.8, 4) is 0 Å². The van der Waals surface area contributed by atoms with Crippen molar-refractivity contribution in [3.63, 3.8) is 0 Å². The van der Waals surface area contributed by atoms with Crippen LogP contribution < -0.4 is 5.56 Å². The van der Waals surface area contributed by atoms with Gasteiger partial charge in [-0.15, -0.1) is 0 Å². The van der Waals surface area contributed by atoms with E-state index in [1.54, 1.807) is 23.8 Å². The molecule has 5 heteroatoms. The van der Waals surface area contributed by atoms with Crippen LogP contribution in [0.25, 0.3) is 0 Å². The van der Waals surface area contributed by atoms with Crippen LogP contribution in [0.15, 0.2) is 27.6 Å². The van der Waals surface area contributed by atoms with Crippen molar-refractivity contribution < 1.29 is 4.52 Å². The molecule has 0 saturated carbocycles. The summed E-state index contributed by atoms with van der Waals surface area (Å²) in [4.78, 5) is 16.0. The van der Waals surface area contributed by atoms with Crippen LogP contribution in [0.2, 0.25) is 0 Å². The molecular weight excluding hydrogens is 218 g/mol. The number of hydrogen-bond acceptors (Lipinski definition) is 4. The summed E-state index contributed by atoms with van der Waals surface area (Å²) in [6.45, 7) is 4.17. The van der Waals surface area contributed by atoms with Gasteiger partial charge in [0.25, 0.3) is 5.56 Å². The van der Waals surface area contributed by atoms with Crippen molar-refractivity contribution >= 4 is 0 Å². The van der Waals surface area contributed by atoms with E-state index in [9.17, 15) is 4.79 Å². The molecule has 2 rings (SSSR count). The van der Waals surface area contributed by atoms with E-state index in [-0.39, 0.29) is 5.56 Å². The van der Waals surface area contributed by atoms with E-state index < -0.39 is 0 Å². The van der Waals surface area contributed by atoms with Gasteiger partial charge in [0.1, 0.15) is 6.54 Å². The number of rotatable bonds is 4. The quantitative estimate of drug-likeness (QED) is 0.803. The first-order chi connectivity index (χ1) is 8.20. The highest BCUT2D eigenvalue weighted by atomic mass is 16.5. The predicted octanol–water partition coefficient (Wildman–Crippen LogP) is 1.54. The molecule has 0 bridgehead atoms. The van der Waals surface area contributed by atoms with Gasteiger partial charge in [0.05, 0.1) is 0 Å². The van der Waals surface area contributed by atoms with Crippen LogP contribution in [0.3, 0.4) is 0 Å². The second-order valence-corrected chi connectivity index (χ2v) is 3.98. The molecule has 0 saturated heterocycles. The molecule has 90 valence electrons. The number of pyridine rings is 1. The Kier molecular flexibility index (Phi) is 3.37. The Morgan fingerprint density at radius 3 is 3.06 bits per heavy atom. The average Bonchev–Trinajstić information content (AvgIpc) is 2.73. The van der Waals surface area contributed by atoms with Crippen molar-refractivity contribution in [2.75, 3.05) is 0 Å². The Labute approximate surface area is 99.1 Å². The number of nitrogens with zero attached hydrogens (tertiary/aromatic N) is 3. The van der Waals surface area contributed by atoms with Crippen LogP contribution in [-0.2, 0) is 13.0 Å². The number of hydrogen-bond donors (Lipinski definition) is 0. The molecule has 0 spiro atoms. The summed E-state index contributed by atoms with van der Waals surface area (Å²) in [6, 6.07) is 3.62. The summed E-state index contributed by atoms with van der Waals surface area (Å²) >= 11 is 0. The SMILES string of the molecule is CCCc1noc(Cn2cccc(C)c2=O)n1.